The van der Waals surface area contributed by atoms with Gasteiger partial charge in [-0.15, -0.1) is 0 Å². The topological polar surface area (TPSA) is 44.5 Å². The third-order valence-corrected chi connectivity index (χ3v) is 2.30. The molecule has 0 spiro atoms. The van der Waals surface area contributed by atoms with Crippen LogP contribution in [0.25, 0.3) is 0 Å². The molecule has 0 atom stereocenters. The van der Waals surface area contributed by atoms with E-state index in [0.29, 0.717) is 12.3 Å². The van der Waals surface area contributed by atoms with Crippen molar-refractivity contribution in [2.45, 2.75) is 6.61 Å². The van der Waals surface area contributed by atoms with Crippen LogP contribution in [0.5, 0.6) is 11.5 Å². The first-order valence-electron chi connectivity index (χ1n) is 5.39. The molecule has 3 nitrogen and oxygen atoms in total. The molecular weight excluding hydrogens is 214 g/mol. The summed E-state index contributed by atoms with van der Waals surface area (Å²) in [6.45, 7) is 0.578. The molecule has 2 aromatic carbocycles. The van der Waals surface area contributed by atoms with Gasteiger partial charge in [0.05, 0.1) is 6.61 Å². The van der Waals surface area contributed by atoms with Crippen molar-refractivity contribution >= 4 is 5.69 Å². The smallest absolute Gasteiger partial charge is 0.129 e. The normalized spacial score (nSPS) is 10.2. The van der Waals surface area contributed by atoms with Gasteiger partial charge in [-0.2, -0.15) is 0 Å². The Morgan fingerprint density at radius 3 is 2.41 bits per heavy atom. The van der Waals surface area contributed by atoms with Crippen LogP contribution in [0.3, 0.4) is 0 Å². The molecule has 0 aliphatic heterocycles. The first kappa shape index (κ1) is 11.5. The van der Waals surface area contributed by atoms with E-state index in [1.807, 2.05) is 42.5 Å². The molecule has 0 fully saturated rings. The number of ether oxygens (including phenoxy) is 2. The zero-order valence-electron chi connectivity index (χ0n) is 9.72. The fourth-order valence-corrected chi connectivity index (χ4v) is 1.58. The molecular formula is C14H15NO2. The number of anilines is 1. The highest BCUT2D eigenvalue weighted by Gasteiger charge is 1.99. The zero-order chi connectivity index (χ0) is 12.1. The Kier molecular flexibility index (Phi) is 3.62. The molecule has 0 aliphatic rings. The molecule has 3 heteroatoms. The number of hydrogen-bond donors (Lipinski definition) is 1. The average Bonchev–Trinajstić information content (AvgIpc) is 2.30. The van der Waals surface area contributed by atoms with Crippen LogP contribution in [0.1, 0.15) is 5.56 Å². The van der Waals surface area contributed by atoms with E-state index in [-0.39, 0.29) is 0 Å². The Morgan fingerprint density at radius 1 is 1.00 bits per heavy atom. The number of methoxy groups -OCH3 is 1. The highest BCUT2D eigenvalue weighted by Crippen LogP contribution is 2.23. The molecule has 0 saturated carbocycles. The lowest BCUT2D eigenvalue weighted by Gasteiger charge is -2.07. The Balaban J connectivity index is 2.15. The maximum Gasteiger partial charge on any atom is 0.129 e. The van der Waals surface area contributed by atoms with Crippen LogP contribution in [0.4, 0.5) is 5.69 Å². The second-order valence-electron chi connectivity index (χ2n) is 3.75. The van der Waals surface area contributed by atoms with E-state index in [0.717, 1.165) is 17.1 Å². The predicted octanol–water partition coefficient (Wildman–Crippen LogP) is 3.21. The Hall–Kier alpha value is -2.00. The highest BCUT2D eigenvalue weighted by molar-refractivity contribution is 5.45. The van der Waals surface area contributed by atoms with Crippen LogP contribution in [-0.2, 0) is 11.3 Å². The Morgan fingerprint density at radius 2 is 1.71 bits per heavy atom. The van der Waals surface area contributed by atoms with Gasteiger partial charge in [-0.3, -0.25) is 0 Å². The summed E-state index contributed by atoms with van der Waals surface area (Å²) in [7, 11) is 1.67. The van der Waals surface area contributed by atoms with Crippen molar-refractivity contribution in [1.82, 2.24) is 0 Å². The molecule has 2 N–H and O–H groups in total. The lowest BCUT2D eigenvalue weighted by Crippen LogP contribution is -1.90. The van der Waals surface area contributed by atoms with Crippen LogP contribution in [0.2, 0.25) is 0 Å². The second-order valence-corrected chi connectivity index (χ2v) is 3.75. The SMILES string of the molecule is COCc1cccc(Oc2cccc(N)c2)c1. The molecule has 0 aliphatic carbocycles. The summed E-state index contributed by atoms with van der Waals surface area (Å²) >= 11 is 0. The van der Waals surface area contributed by atoms with Crippen LogP contribution in [0.15, 0.2) is 48.5 Å². The van der Waals surface area contributed by atoms with Gasteiger partial charge in [-0.1, -0.05) is 18.2 Å². The fourth-order valence-electron chi connectivity index (χ4n) is 1.58. The predicted molar refractivity (Wildman–Crippen MR) is 68.1 cm³/mol. The van der Waals surface area contributed by atoms with E-state index in [2.05, 4.69) is 0 Å². The molecule has 2 aromatic rings. The first-order valence-corrected chi connectivity index (χ1v) is 5.39. The average molecular weight is 229 g/mol. The largest absolute Gasteiger partial charge is 0.457 e. The number of nitrogens with two attached hydrogens (primary N) is 1. The monoisotopic (exact) mass is 229 g/mol. The highest BCUT2D eigenvalue weighted by atomic mass is 16.5. The number of rotatable bonds is 4. The Bertz CT molecular complexity index is 497. The minimum absolute atomic E-state index is 0.578. The quantitative estimate of drug-likeness (QED) is 0.819. The molecule has 0 radical (unpaired) electrons. The number of nitrogen functional groups attached to an aromatic ring is 1. The van der Waals surface area contributed by atoms with Crippen molar-refractivity contribution in [1.29, 1.82) is 0 Å². The van der Waals surface area contributed by atoms with Gasteiger partial charge < -0.3 is 15.2 Å². The van der Waals surface area contributed by atoms with E-state index in [9.17, 15) is 0 Å². The van der Waals surface area contributed by atoms with Gasteiger partial charge in [-0.05, 0) is 29.8 Å². The van der Waals surface area contributed by atoms with Gasteiger partial charge in [0.15, 0.2) is 0 Å². The summed E-state index contributed by atoms with van der Waals surface area (Å²) in [6.07, 6.45) is 0. The lowest BCUT2D eigenvalue weighted by atomic mass is 10.2. The Labute approximate surface area is 101 Å². The van der Waals surface area contributed by atoms with Gasteiger partial charge in [0, 0.05) is 18.9 Å². The van der Waals surface area contributed by atoms with Crippen molar-refractivity contribution in [2.24, 2.45) is 0 Å². The second kappa shape index (κ2) is 5.37. The van der Waals surface area contributed by atoms with E-state index < -0.39 is 0 Å². The molecule has 0 unspecified atom stereocenters. The van der Waals surface area contributed by atoms with Gasteiger partial charge >= 0.3 is 0 Å². The summed E-state index contributed by atoms with van der Waals surface area (Å²) in [5.74, 6) is 1.52. The molecule has 17 heavy (non-hydrogen) atoms. The van der Waals surface area contributed by atoms with Gasteiger partial charge in [0.1, 0.15) is 11.5 Å². The van der Waals surface area contributed by atoms with Crippen LogP contribution in [-0.4, -0.2) is 7.11 Å². The summed E-state index contributed by atoms with van der Waals surface area (Å²) in [5.41, 5.74) is 7.46. The van der Waals surface area contributed by atoms with E-state index >= 15 is 0 Å². The van der Waals surface area contributed by atoms with Crippen molar-refractivity contribution in [3.63, 3.8) is 0 Å². The summed E-state index contributed by atoms with van der Waals surface area (Å²) in [6, 6.07) is 15.2. The lowest BCUT2D eigenvalue weighted by molar-refractivity contribution is 0.184. The maximum atomic E-state index is 5.71. The summed E-state index contributed by atoms with van der Waals surface area (Å²) in [4.78, 5) is 0. The van der Waals surface area contributed by atoms with E-state index in [1.54, 1.807) is 13.2 Å². The van der Waals surface area contributed by atoms with Crippen LogP contribution in [0, 0.1) is 0 Å². The maximum absolute atomic E-state index is 5.71. The fraction of sp³-hybridized carbons (Fsp3) is 0.143. The molecule has 0 amide bonds. The van der Waals surface area contributed by atoms with Crippen LogP contribution >= 0.6 is 0 Å². The van der Waals surface area contributed by atoms with Gasteiger partial charge in [-0.25, -0.2) is 0 Å². The van der Waals surface area contributed by atoms with Crippen molar-refractivity contribution in [3.8, 4) is 11.5 Å². The van der Waals surface area contributed by atoms with Crippen LogP contribution < -0.4 is 10.5 Å². The molecule has 0 bridgehead atoms. The van der Waals surface area contributed by atoms with Gasteiger partial charge in [0.2, 0.25) is 0 Å². The molecule has 88 valence electrons. The molecule has 0 saturated heterocycles. The number of hydrogen-bond acceptors (Lipinski definition) is 3. The van der Waals surface area contributed by atoms with Crippen molar-refractivity contribution < 1.29 is 9.47 Å². The molecule has 2 rings (SSSR count). The third-order valence-electron chi connectivity index (χ3n) is 2.30. The minimum Gasteiger partial charge on any atom is -0.457 e. The molecule has 0 heterocycles. The molecule has 0 aromatic heterocycles. The van der Waals surface area contributed by atoms with Crippen molar-refractivity contribution in [3.05, 3.63) is 54.1 Å². The van der Waals surface area contributed by atoms with Crippen molar-refractivity contribution in [2.75, 3.05) is 12.8 Å². The van der Waals surface area contributed by atoms with E-state index in [4.69, 9.17) is 15.2 Å². The first-order chi connectivity index (χ1) is 8.28. The third kappa shape index (κ3) is 3.23. The minimum atomic E-state index is 0.578. The number of benzene rings is 2. The zero-order valence-corrected chi connectivity index (χ0v) is 9.72. The standard InChI is InChI=1S/C14H15NO2/c1-16-10-11-4-2-6-13(8-11)17-14-7-3-5-12(15)9-14/h2-9H,10,15H2,1H3. The summed E-state index contributed by atoms with van der Waals surface area (Å²) < 4.78 is 10.8. The summed E-state index contributed by atoms with van der Waals surface area (Å²) in [5, 5.41) is 0. The van der Waals surface area contributed by atoms with Gasteiger partial charge in [0.25, 0.3) is 0 Å². The van der Waals surface area contributed by atoms with E-state index in [1.165, 1.54) is 0 Å².